The van der Waals surface area contributed by atoms with Gasteiger partial charge in [-0.2, -0.15) is 0 Å². The van der Waals surface area contributed by atoms with Crippen LogP contribution in [0.5, 0.6) is 11.5 Å². The SMILES string of the molecule is CCCc1ccc([C@]23OCC(CO)(O2)[C@@H](O)[C@H](O)[C@H]3O)cc1Cc1ccc2c(c1)OCCO2. The smallest absolute Gasteiger partial charge is 0.225 e. The number of aryl methyl sites for hydroxylation is 1. The van der Waals surface area contributed by atoms with E-state index in [9.17, 15) is 20.4 Å². The van der Waals surface area contributed by atoms with E-state index in [0.717, 1.165) is 41.0 Å². The van der Waals surface area contributed by atoms with Crippen molar-refractivity contribution in [3.8, 4) is 11.5 Å². The molecule has 4 N–H and O–H groups in total. The molecule has 0 aliphatic carbocycles. The van der Waals surface area contributed by atoms with E-state index in [1.54, 1.807) is 0 Å². The van der Waals surface area contributed by atoms with Crippen molar-refractivity contribution in [2.24, 2.45) is 0 Å². The predicted molar refractivity (Wildman–Crippen MR) is 117 cm³/mol. The van der Waals surface area contributed by atoms with Gasteiger partial charge in [-0.25, -0.2) is 0 Å². The van der Waals surface area contributed by atoms with Gasteiger partial charge in [0.05, 0.1) is 13.2 Å². The Labute approximate surface area is 192 Å². The molecule has 2 aromatic carbocycles. The van der Waals surface area contributed by atoms with Gasteiger partial charge < -0.3 is 39.4 Å². The molecule has 5 atom stereocenters. The first-order chi connectivity index (χ1) is 15.9. The number of aliphatic hydroxyl groups excluding tert-OH is 4. The largest absolute Gasteiger partial charge is 0.486 e. The molecule has 0 spiro atoms. The molecule has 5 rings (SSSR count). The maximum atomic E-state index is 10.9. The van der Waals surface area contributed by atoms with Crippen molar-refractivity contribution in [1.29, 1.82) is 0 Å². The second-order valence-corrected chi connectivity index (χ2v) is 9.05. The van der Waals surface area contributed by atoms with Crippen LogP contribution in [0, 0.1) is 0 Å². The Balaban J connectivity index is 1.52. The molecule has 2 saturated heterocycles. The first-order valence-corrected chi connectivity index (χ1v) is 11.4. The van der Waals surface area contributed by atoms with Crippen LogP contribution >= 0.6 is 0 Å². The maximum Gasteiger partial charge on any atom is 0.225 e. The van der Waals surface area contributed by atoms with E-state index in [0.29, 0.717) is 25.2 Å². The molecule has 2 bridgehead atoms. The van der Waals surface area contributed by atoms with E-state index in [4.69, 9.17) is 18.9 Å². The number of rotatable bonds is 6. The van der Waals surface area contributed by atoms with E-state index >= 15 is 0 Å². The lowest BCUT2D eigenvalue weighted by Crippen LogP contribution is -2.65. The van der Waals surface area contributed by atoms with Crippen molar-refractivity contribution in [3.05, 3.63) is 58.7 Å². The molecular formula is C25H30O8. The summed E-state index contributed by atoms with van der Waals surface area (Å²) in [5, 5.41) is 41.7. The van der Waals surface area contributed by atoms with E-state index in [1.807, 2.05) is 36.4 Å². The molecule has 2 fully saturated rings. The number of ether oxygens (including phenoxy) is 4. The van der Waals surface area contributed by atoms with Crippen LogP contribution in [0.4, 0.5) is 0 Å². The van der Waals surface area contributed by atoms with E-state index in [1.165, 1.54) is 0 Å². The van der Waals surface area contributed by atoms with Gasteiger partial charge in [0, 0.05) is 5.56 Å². The van der Waals surface area contributed by atoms with Gasteiger partial charge in [0.25, 0.3) is 0 Å². The van der Waals surface area contributed by atoms with Crippen LogP contribution in [-0.4, -0.2) is 70.8 Å². The van der Waals surface area contributed by atoms with Gasteiger partial charge in [0.15, 0.2) is 11.5 Å². The first kappa shape index (κ1) is 22.6. The van der Waals surface area contributed by atoms with Crippen LogP contribution in [0.3, 0.4) is 0 Å². The van der Waals surface area contributed by atoms with E-state index in [2.05, 4.69) is 6.92 Å². The first-order valence-electron chi connectivity index (χ1n) is 11.4. The standard InChI is InChI=1S/C25H30O8/c1-2-3-16-5-6-18(25-23(29)21(27)22(28)24(13-26,33-25)14-32-25)12-17(16)10-15-4-7-19-20(11-15)31-9-8-30-19/h4-7,11-12,21-23,26-29H,2-3,8-10,13-14H2,1H3/t21-,22-,23+,24?,25-/m0/s1. The van der Waals surface area contributed by atoms with Crippen LogP contribution < -0.4 is 9.47 Å². The highest BCUT2D eigenvalue weighted by Crippen LogP contribution is 2.49. The number of hydrogen-bond donors (Lipinski definition) is 4. The summed E-state index contributed by atoms with van der Waals surface area (Å²) in [4.78, 5) is 0. The Morgan fingerprint density at radius 1 is 0.939 bits per heavy atom. The molecule has 2 aromatic rings. The Hall–Kier alpha value is -2.20. The third-order valence-corrected chi connectivity index (χ3v) is 6.86. The van der Waals surface area contributed by atoms with Gasteiger partial charge in [0.2, 0.25) is 5.79 Å². The molecule has 3 aliphatic heterocycles. The highest BCUT2D eigenvalue weighted by Gasteiger charge is 2.67. The minimum Gasteiger partial charge on any atom is -0.486 e. The average Bonchev–Trinajstić information content (AvgIpc) is 3.23. The Kier molecular flexibility index (Phi) is 5.84. The Bertz CT molecular complexity index is 1030. The summed E-state index contributed by atoms with van der Waals surface area (Å²) >= 11 is 0. The highest BCUT2D eigenvalue weighted by atomic mass is 16.8. The fourth-order valence-corrected chi connectivity index (χ4v) is 5.01. The summed E-state index contributed by atoms with van der Waals surface area (Å²) in [6.45, 7) is 2.48. The second-order valence-electron chi connectivity index (χ2n) is 9.05. The van der Waals surface area contributed by atoms with E-state index in [-0.39, 0.29) is 6.61 Å². The van der Waals surface area contributed by atoms with Crippen molar-refractivity contribution in [2.75, 3.05) is 26.4 Å². The van der Waals surface area contributed by atoms with Crippen molar-refractivity contribution >= 4 is 0 Å². The summed E-state index contributed by atoms with van der Waals surface area (Å²) in [5.41, 5.74) is 2.27. The van der Waals surface area contributed by atoms with Crippen LogP contribution in [0.15, 0.2) is 36.4 Å². The molecule has 3 aliphatic rings. The van der Waals surface area contributed by atoms with Crippen LogP contribution in [0.25, 0.3) is 0 Å². The quantitative estimate of drug-likeness (QED) is 0.507. The minimum absolute atomic E-state index is 0.146. The zero-order valence-electron chi connectivity index (χ0n) is 18.6. The maximum absolute atomic E-state index is 10.9. The fourth-order valence-electron chi connectivity index (χ4n) is 5.01. The number of hydrogen-bond acceptors (Lipinski definition) is 8. The van der Waals surface area contributed by atoms with Gasteiger partial charge in [-0.1, -0.05) is 31.5 Å². The zero-order valence-corrected chi connectivity index (χ0v) is 18.6. The van der Waals surface area contributed by atoms with Gasteiger partial charge in [-0.05, 0) is 47.7 Å². The lowest BCUT2D eigenvalue weighted by Gasteiger charge is -2.46. The molecular weight excluding hydrogens is 428 g/mol. The van der Waals surface area contributed by atoms with E-state index < -0.39 is 36.3 Å². The summed E-state index contributed by atoms with van der Waals surface area (Å²) < 4.78 is 23.2. The molecule has 8 heteroatoms. The summed E-state index contributed by atoms with van der Waals surface area (Å²) in [6.07, 6.45) is -2.06. The van der Waals surface area contributed by atoms with Gasteiger partial charge in [0.1, 0.15) is 37.1 Å². The van der Waals surface area contributed by atoms with Crippen molar-refractivity contribution in [2.45, 2.75) is 55.9 Å². The molecule has 1 unspecified atom stereocenters. The lowest BCUT2D eigenvalue weighted by atomic mass is 9.83. The average molecular weight is 459 g/mol. The molecule has 33 heavy (non-hydrogen) atoms. The summed E-state index contributed by atoms with van der Waals surface area (Å²) in [6, 6.07) is 11.6. The normalized spacial score (nSPS) is 32.7. The van der Waals surface area contributed by atoms with Crippen molar-refractivity contribution in [3.63, 3.8) is 0 Å². The molecule has 8 nitrogen and oxygen atoms in total. The number of fused-ring (bicyclic) bond motifs is 3. The molecule has 0 radical (unpaired) electrons. The Morgan fingerprint density at radius 3 is 2.48 bits per heavy atom. The molecule has 0 amide bonds. The minimum atomic E-state index is -1.67. The van der Waals surface area contributed by atoms with Crippen LogP contribution in [0.1, 0.15) is 35.6 Å². The Morgan fingerprint density at radius 2 is 1.73 bits per heavy atom. The summed E-state index contributed by atoms with van der Waals surface area (Å²) in [5.74, 6) is -0.217. The fraction of sp³-hybridized carbons (Fsp3) is 0.520. The van der Waals surface area contributed by atoms with Crippen molar-refractivity contribution in [1.82, 2.24) is 0 Å². The predicted octanol–water partition coefficient (Wildman–Crippen LogP) is 1.03. The number of benzene rings is 2. The molecule has 0 saturated carbocycles. The highest BCUT2D eigenvalue weighted by molar-refractivity contribution is 5.46. The topological polar surface area (TPSA) is 118 Å². The zero-order chi connectivity index (χ0) is 23.2. The molecule has 0 aromatic heterocycles. The van der Waals surface area contributed by atoms with Gasteiger partial charge in [-0.15, -0.1) is 0 Å². The lowest BCUT2D eigenvalue weighted by molar-refractivity contribution is -0.329. The van der Waals surface area contributed by atoms with Gasteiger partial charge in [-0.3, -0.25) is 0 Å². The third kappa shape index (κ3) is 3.62. The van der Waals surface area contributed by atoms with Gasteiger partial charge >= 0.3 is 0 Å². The number of aliphatic hydroxyl groups is 4. The molecule has 3 heterocycles. The monoisotopic (exact) mass is 458 g/mol. The van der Waals surface area contributed by atoms with Crippen LogP contribution in [0.2, 0.25) is 0 Å². The second kappa shape index (κ2) is 8.54. The third-order valence-electron chi connectivity index (χ3n) is 6.86. The van der Waals surface area contributed by atoms with Crippen molar-refractivity contribution < 1.29 is 39.4 Å². The molecule has 178 valence electrons. The van der Waals surface area contributed by atoms with Crippen LogP contribution in [-0.2, 0) is 28.1 Å². The summed E-state index contributed by atoms with van der Waals surface area (Å²) in [7, 11) is 0.